The van der Waals surface area contributed by atoms with Gasteiger partial charge in [-0.05, 0) is 18.6 Å². The maximum absolute atomic E-state index is 11.5. The van der Waals surface area contributed by atoms with Crippen LogP contribution in [0.25, 0.3) is 0 Å². The smallest absolute Gasteiger partial charge is 0.311 e. The molecule has 0 aliphatic carbocycles. The second-order valence-electron chi connectivity index (χ2n) is 3.57. The Balaban J connectivity index is 2.79. The Morgan fingerprint density at radius 2 is 1.88 bits per heavy atom. The normalized spacial score (nSPS) is 9.82. The number of methoxy groups -OCH3 is 2. The predicted molar refractivity (Wildman–Crippen MR) is 64.7 cm³/mol. The van der Waals surface area contributed by atoms with Crippen molar-refractivity contribution in [2.45, 2.75) is 26.2 Å². The van der Waals surface area contributed by atoms with Gasteiger partial charge in [-0.1, -0.05) is 19.4 Å². The van der Waals surface area contributed by atoms with Gasteiger partial charge in [0.1, 0.15) is 0 Å². The van der Waals surface area contributed by atoms with Gasteiger partial charge in [0.15, 0.2) is 11.5 Å². The first-order valence-corrected chi connectivity index (χ1v) is 5.64. The molecule has 0 bridgehead atoms. The van der Waals surface area contributed by atoms with Crippen molar-refractivity contribution >= 4 is 5.97 Å². The van der Waals surface area contributed by atoms with Gasteiger partial charge in [-0.25, -0.2) is 0 Å². The van der Waals surface area contributed by atoms with Crippen molar-refractivity contribution in [3.8, 4) is 17.2 Å². The standard InChI is InChI=1S/C13H18O4/c1-4-5-9-12(14)17-11-8-6-7-10(15-2)13(11)16-3/h6-8H,4-5,9H2,1-3H3. The van der Waals surface area contributed by atoms with Crippen LogP contribution in [0.2, 0.25) is 0 Å². The highest BCUT2D eigenvalue weighted by Crippen LogP contribution is 2.36. The summed E-state index contributed by atoms with van der Waals surface area (Å²) in [6.45, 7) is 2.03. The zero-order chi connectivity index (χ0) is 12.7. The molecule has 17 heavy (non-hydrogen) atoms. The molecule has 4 heteroatoms. The molecule has 0 saturated heterocycles. The highest BCUT2D eigenvalue weighted by molar-refractivity contribution is 5.73. The minimum atomic E-state index is -0.251. The largest absolute Gasteiger partial charge is 0.493 e. The second-order valence-corrected chi connectivity index (χ2v) is 3.57. The summed E-state index contributed by atoms with van der Waals surface area (Å²) in [4.78, 5) is 11.5. The van der Waals surface area contributed by atoms with Crippen molar-refractivity contribution in [3.63, 3.8) is 0 Å². The van der Waals surface area contributed by atoms with Crippen molar-refractivity contribution in [1.29, 1.82) is 0 Å². The summed E-state index contributed by atoms with van der Waals surface area (Å²) >= 11 is 0. The Labute approximate surface area is 101 Å². The van der Waals surface area contributed by atoms with E-state index >= 15 is 0 Å². The predicted octanol–water partition coefficient (Wildman–Crippen LogP) is 2.80. The molecule has 0 aliphatic heterocycles. The SMILES string of the molecule is CCCCC(=O)Oc1cccc(OC)c1OC. The number of para-hydroxylation sites is 1. The maximum Gasteiger partial charge on any atom is 0.311 e. The van der Waals surface area contributed by atoms with Gasteiger partial charge >= 0.3 is 5.97 Å². The molecule has 0 amide bonds. The van der Waals surface area contributed by atoms with E-state index in [0.717, 1.165) is 12.8 Å². The highest BCUT2D eigenvalue weighted by atomic mass is 16.6. The van der Waals surface area contributed by atoms with E-state index in [1.165, 1.54) is 7.11 Å². The van der Waals surface area contributed by atoms with Crippen LogP contribution >= 0.6 is 0 Å². The van der Waals surface area contributed by atoms with E-state index in [-0.39, 0.29) is 5.97 Å². The lowest BCUT2D eigenvalue weighted by Crippen LogP contribution is -2.08. The van der Waals surface area contributed by atoms with Gasteiger partial charge in [0, 0.05) is 6.42 Å². The van der Waals surface area contributed by atoms with Crippen LogP contribution in [0.4, 0.5) is 0 Å². The maximum atomic E-state index is 11.5. The Bertz CT molecular complexity index is 374. The van der Waals surface area contributed by atoms with Crippen LogP contribution in [0, 0.1) is 0 Å². The van der Waals surface area contributed by atoms with Crippen LogP contribution in [0.1, 0.15) is 26.2 Å². The topological polar surface area (TPSA) is 44.8 Å². The number of hydrogen-bond donors (Lipinski definition) is 0. The van der Waals surface area contributed by atoms with Gasteiger partial charge in [-0.2, -0.15) is 0 Å². The Morgan fingerprint density at radius 3 is 2.47 bits per heavy atom. The van der Waals surface area contributed by atoms with Gasteiger partial charge in [0.05, 0.1) is 14.2 Å². The number of rotatable bonds is 6. The van der Waals surface area contributed by atoms with Crippen molar-refractivity contribution in [2.75, 3.05) is 14.2 Å². The summed E-state index contributed by atoms with van der Waals surface area (Å²) in [6.07, 6.45) is 2.20. The lowest BCUT2D eigenvalue weighted by molar-refractivity contribution is -0.134. The summed E-state index contributed by atoms with van der Waals surface area (Å²) in [7, 11) is 3.06. The third-order valence-electron chi connectivity index (χ3n) is 2.33. The van der Waals surface area contributed by atoms with Crippen LogP contribution in [0.3, 0.4) is 0 Å². The minimum Gasteiger partial charge on any atom is -0.493 e. The summed E-state index contributed by atoms with van der Waals surface area (Å²) in [6, 6.07) is 5.19. The second kappa shape index (κ2) is 6.78. The van der Waals surface area contributed by atoms with Gasteiger partial charge in [0.2, 0.25) is 5.75 Å². The van der Waals surface area contributed by atoms with Crippen LogP contribution < -0.4 is 14.2 Å². The molecule has 0 N–H and O–H groups in total. The van der Waals surface area contributed by atoms with Crippen molar-refractivity contribution in [1.82, 2.24) is 0 Å². The number of carbonyl (C=O) groups is 1. The molecule has 0 spiro atoms. The molecule has 1 rings (SSSR count). The quantitative estimate of drug-likeness (QED) is 0.564. The summed E-state index contributed by atoms with van der Waals surface area (Å²) in [5, 5.41) is 0. The van der Waals surface area contributed by atoms with Crippen molar-refractivity contribution in [3.05, 3.63) is 18.2 Å². The molecule has 94 valence electrons. The van der Waals surface area contributed by atoms with E-state index in [4.69, 9.17) is 14.2 Å². The van der Waals surface area contributed by atoms with Gasteiger partial charge in [-0.3, -0.25) is 4.79 Å². The number of unbranched alkanes of at least 4 members (excludes halogenated alkanes) is 1. The third-order valence-corrected chi connectivity index (χ3v) is 2.33. The zero-order valence-corrected chi connectivity index (χ0v) is 10.5. The minimum absolute atomic E-state index is 0.251. The summed E-state index contributed by atoms with van der Waals surface area (Å²) in [5.74, 6) is 1.14. The van der Waals surface area contributed by atoms with E-state index in [9.17, 15) is 4.79 Å². The summed E-state index contributed by atoms with van der Waals surface area (Å²) in [5.41, 5.74) is 0. The molecule has 4 nitrogen and oxygen atoms in total. The number of carbonyl (C=O) groups excluding carboxylic acids is 1. The first kappa shape index (κ1) is 13.4. The molecule has 0 atom stereocenters. The monoisotopic (exact) mass is 238 g/mol. The molecule has 0 heterocycles. The van der Waals surface area contributed by atoms with Crippen molar-refractivity contribution in [2.24, 2.45) is 0 Å². The number of ether oxygens (including phenoxy) is 3. The molecular weight excluding hydrogens is 220 g/mol. The molecule has 1 aromatic carbocycles. The fraction of sp³-hybridized carbons (Fsp3) is 0.462. The fourth-order valence-electron chi connectivity index (χ4n) is 1.43. The van der Waals surface area contributed by atoms with Gasteiger partial charge in [-0.15, -0.1) is 0 Å². The van der Waals surface area contributed by atoms with E-state index in [0.29, 0.717) is 23.7 Å². The zero-order valence-electron chi connectivity index (χ0n) is 10.5. The molecule has 1 aromatic rings. The Kier molecular flexibility index (Phi) is 5.33. The average Bonchev–Trinajstić information content (AvgIpc) is 2.35. The van der Waals surface area contributed by atoms with E-state index in [1.807, 2.05) is 6.92 Å². The van der Waals surface area contributed by atoms with Crippen LogP contribution in [0.15, 0.2) is 18.2 Å². The molecule has 0 aromatic heterocycles. The fourth-order valence-corrected chi connectivity index (χ4v) is 1.43. The van der Waals surface area contributed by atoms with E-state index < -0.39 is 0 Å². The highest BCUT2D eigenvalue weighted by Gasteiger charge is 2.13. The van der Waals surface area contributed by atoms with Crippen LogP contribution in [-0.4, -0.2) is 20.2 Å². The number of hydrogen-bond acceptors (Lipinski definition) is 4. The molecule has 0 saturated carbocycles. The van der Waals surface area contributed by atoms with Gasteiger partial charge < -0.3 is 14.2 Å². The molecule has 0 aliphatic rings. The first-order chi connectivity index (χ1) is 8.22. The van der Waals surface area contributed by atoms with E-state index in [1.54, 1.807) is 25.3 Å². The Morgan fingerprint density at radius 1 is 1.18 bits per heavy atom. The average molecular weight is 238 g/mol. The lowest BCUT2D eigenvalue weighted by Gasteiger charge is -2.12. The van der Waals surface area contributed by atoms with Gasteiger partial charge in [0.25, 0.3) is 0 Å². The third kappa shape index (κ3) is 3.66. The molecule has 0 unspecified atom stereocenters. The van der Waals surface area contributed by atoms with Crippen LogP contribution in [-0.2, 0) is 4.79 Å². The molecular formula is C13H18O4. The summed E-state index contributed by atoms with van der Waals surface area (Å²) < 4.78 is 15.5. The molecule has 0 radical (unpaired) electrons. The molecule has 0 fully saturated rings. The first-order valence-electron chi connectivity index (χ1n) is 5.64. The van der Waals surface area contributed by atoms with Crippen molar-refractivity contribution < 1.29 is 19.0 Å². The lowest BCUT2D eigenvalue weighted by atomic mass is 10.2. The van der Waals surface area contributed by atoms with E-state index in [2.05, 4.69) is 0 Å². The Hall–Kier alpha value is -1.71. The number of benzene rings is 1. The number of esters is 1. The van der Waals surface area contributed by atoms with Crippen LogP contribution in [0.5, 0.6) is 17.2 Å².